The predicted octanol–water partition coefficient (Wildman–Crippen LogP) is 2.02. The number of hydrogen-bond donors (Lipinski definition) is 1. The molecule has 0 aliphatic heterocycles. The minimum Gasteiger partial charge on any atom is -0.384 e. The van der Waals surface area contributed by atoms with Gasteiger partial charge in [0, 0.05) is 32.7 Å². The number of hydrogen-bond acceptors (Lipinski definition) is 2. The average Bonchev–Trinajstić information content (AvgIpc) is 2.22. The van der Waals surface area contributed by atoms with Crippen molar-refractivity contribution < 1.29 is 9.18 Å². The van der Waals surface area contributed by atoms with Crippen LogP contribution >= 0.6 is 0 Å². The van der Waals surface area contributed by atoms with Gasteiger partial charge in [-0.15, -0.1) is 0 Å². The lowest BCUT2D eigenvalue weighted by Crippen LogP contribution is -2.24. The lowest BCUT2D eigenvalue weighted by atomic mass is 10.2. The van der Waals surface area contributed by atoms with Crippen LogP contribution in [0.5, 0.6) is 0 Å². The van der Waals surface area contributed by atoms with E-state index in [-0.39, 0.29) is 11.7 Å². The summed E-state index contributed by atoms with van der Waals surface area (Å²) in [6.45, 7) is 2.41. The molecule has 1 amide bonds. The van der Waals surface area contributed by atoms with Crippen molar-refractivity contribution in [3.05, 3.63) is 29.6 Å². The van der Waals surface area contributed by atoms with Crippen molar-refractivity contribution in [3.8, 4) is 0 Å². The van der Waals surface area contributed by atoms with Crippen LogP contribution in [0.2, 0.25) is 0 Å². The van der Waals surface area contributed by atoms with Crippen molar-refractivity contribution in [2.45, 2.75) is 13.3 Å². The number of amides is 1. The third-order valence-corrected chi connectivity index (χ3v) is 2.35. The van der Waals surface area contributed by atoms with Crippen molar-refractivity contribution in [2.75, 3.05) is 26.0 Å². The van der Waals surface area contributed by atoms with E-state index >= 15 is 0 Å². The van der Waals surface area contributed by atoms with E-state index in [1.807, 2.05) is 6.92 Å². The zero-order valence-electron chi connectivity index (χ0n) is 9.88. The number of carbonyl (C=O) groups is 1. The molecule has 0 unspecified atom stereocenters. The fourth-order valence-corrected chi connectivity index (χ4v) is 1.31. The van der Waals surface area contributed by atoms with Crippen LogP contribution in [-0.2, 0) is 4.79 Å². The standard InChI is InChI=1S/C12H17FN2O/c1-9-4-5-10(13)8-11(9)14-7-6-12(16)15(2)3/h4-5,8,14H,6-7H2,1-3H3. The summed E-state index contributed by atoms with van der Waals surface area (Å²) in [6, 6.07) is 4.58. The first-order chi connectivity index (χ1) is 7.50. The summed E-state index contributed by atoms with van der Waals surface area (Å²) in [5, 5.41) is 3.05. The van der Waals surface area contributed by atoms with Gasteiger partial charge in [-0.3, -0.25) is 4.79 Å². The minimum atomic E-state index is -0.271. The average molecular weight is 224 g/mol. The normalized spacial score (nSPS) is 10.0. The Balaban J connectivity index is 2.49. The van der Waals surface area contributed by atoms with Gasteiger partial charge in [0.05, 0.1) is 0 Å². The number of halogens is 1. The van der Waals surface area contributed by atoms with Gasteiger partial charge in [0.2, 0.25) is 5.91 Å². The molecule has 0 atom stereocenters. The monoisotopic (exact) mass is 224 g/mol. The maximum absolute atomic E-state index is 12.9. The SMILES string of the molecule is Cc1ccc(F)cc1NCCC(=O)N(C)C. The summed E-state index contributed by atoms with van der Waals surface area (Å²) in [6.07, 6.45) is 0.406. The lowest BCUT2D eigenvalue weighted by Gasteiger charge is -2.12. The molecule has 0 fully saturated rings. The van der Waals surface area contributed by atoms with E-state index in [0.717, 1.165) is 11.3 Å². The van der Waals surface area contributed by atoms with Gasteiger partial charge in [-0.2, -0.15) is 0 Å². The quantitative estimate of drug-likeness (QED) is 0.848. The van der Waals surface area contributed by atoms with Crippen LogP contribution in [0, 0.1) is 12.7 Å². The third-order valence-electron chi connectivity index (χ3n) is 2.35. The van der Waals surface area contributed by atoms with Crippen LogP contribution in [0.3, 0.4) is 0 Å². The molecular weight excluding hydrogens is 207 g/mol. The number of nitrogens with one attached hydrogen (secondary N) is 1. The van der Waals surface area contributed by atoms with Crippen LogP contribution in [0.4, 0.5) is 10.1 Å². The van der Waals surface area contributed by atoms with Gasteiger partial charge in [0.1, 0.15) is 5.82 Å². The largest absolute Gasteiger partial charge is 0.384 e. The van der Waals surface area contributed by atoms with Crippen LogP contribution in [0.1, 0.15) is 12.0 Å². The Labute approximate surface area is 95.3 Å². The number of carbonyl (C=O) groups excluding carboxylic acids is 1. The van der Waals surface area contributed by atoms with Gasteiger partial charge in [-0.25, -0.2) is 4.39 Å². The van der Waals surface area contributed by atoms with Gasteiger partial charge >= 0.3 is 0 Å². The van der Waals surface area contributed by atoms with Crippen LogP contribution in [0.25, 0.3) is 0 Å². The number of benzene rings is 1. The molecule has 1 aromatic carbocycles. The van der Waals surface area contributed by atoms with Crippen LogP contribution in [-0.4, -0.2) is 31.4 Å². The molecule has 0 saturated carbocycles. The Hall–Kier alpha value is -1.58. The van der Waals surface area contributed by atoms with Crippen molar-refractivity contribution in [3.63, 3.8) is 0 Å². The predicted molar refractivity (Wildman–Crippen MR) is 62.9 cm³/mol. The van der Waals surface area contributed by atoms with Crippen molar-refractivity contribution in [1.82, 2.24) is 4.90 Å². The minimum absolute atomic E-state index is 0.0570. The number of aryl methyl sites for hydroxylation is 1. The van der Waals surface area contributed by atoms with E-state index in [0.29, 0.717) is 13.0 Å². The molecule has 0 saturated heterocycles. The lowest BCUT2D eigenvalue weighted by molar-refractivity contribution is -0.128. The van der Waals surface area contributed by atoms with Gasteiger partial charge < -0.3 is 10.2 Å². The zero-order valence-corrected chi connectivity index (χ0v) is 9.88. The van der Waals surface area contributed by atoms with Gasteiger partial charge in [-0.1, -0.05) is 6.07 Å². The molecule has 0 aliphatic carbocycles. The van der Waals surface area contributed by atoms with E-state index in [1.54, 1.807) is 25.1 Å². The number of rotatable bonds is 4. The second-order valence-corrected chi connectivity index (χ2v) is 3.92. The van der Waals surface area contributed by atoms with Gasteiger partial charge in [-0.05, 0) is 24.6 Å². The summed E-state index contributed by atoms with van der Waals surface area (Å²) < 4.78 is 12.9. The zero-order chi connectivity index (χ0) is 12.1. The summed E-state index contributed by atoms with van der Waals surface area (Å²) >= 11 is 0. The molecule has 1 N–H and O–H groups in total. The van der Waals surface area contributed by atoms with Crippen LogP contribution < -0.4 is 5.32 Å². The van der Waals surface area contributed by atoms with E-state index < -0.39 is 0 Å². The summed E-state index contributed by atoms with van der Waals surface area (Å²) in [5.41, 5.74) is 1.71. The molecule has 0 aromatic heterocycles. The first-order valence-corrected chi connectivity index (χ1v) is 5.21. The van der Waals surface area contributed by atoms with Crippen molar-refractivity contribution >= 4 is 11.6 Å². The highest BCUT2D eigenvalue weighted by molar-refractivity contribution is 5.76. The Bertz CT molecular complexity index is 377. The highest BCUT2D eigenvalue weighted by atomic mass is 19.1. The highest BCUT2D eigenvalue weighted by Gasteiger charge is 2.04. The number of anilines is 1. The first kappa shape index (κ1) is 12.5. The molecule has 4 heteroatoms. The molecule has 0 spiro atoms. The van der Waals surface area contributed by atoms with Crippen molar-refractivity contribution in [1.29, 1.82) is 0 Å². The Morgan fingerprint density at radius 2 is 2.12 bits per heavy atom. The van der Waals surface area contributed by atoms with E-state index in [4.69, 9.17) is 0 Å². The molecule has 0 radical (unpaired) electrons. The highest BCUT2D eigenvalue weighted by Crippen LogP contribution is 2.15. The maximum Gasteiger partial charge on any atom is 0.223 e. The van der Waals surface area contributed by atoms with Gasteiger partial charge in [0.25, 0.3) is 0 Å². The third kappa shape index (κ3) is 3.53. The summed E-state index contributed by atoms with van der Waals surface area (Å²) in [4.78, 5) is 12.8. The second kappa shape index (κ2) is 5.49. The molecule has 1 rings (SSSR count). The Morgan fingerprint density at radius 3 is 2.75 bits per heavy atom. The summed E-state index contributed by atoms with van der Waals surface area (Å²) in [7, 11) is 3.44. The molecular formula is C12H17FN2O. The topological polar surface area (TPSA) is 32.3 Å². The van der Waals surface area contributed by atoms with E-state index in [1.165, 1.54) is 12.1 Å². The molecule has 88 valence electrons. The molecule has 0 heterocycles. The molecule has 16 heavy (non-hydrogen) atoms. The van der Waals surface area contributed by atoms with Crippen molar-refractivity contribution in [2.24, 2.45) is 0 Å². The van der Waals surface area contributed by atoms with E-state index in [9.17, 15) is 9.18 Å². The number of nitrogens with zero attached hydrogens (tertiary/aromatic N) is 1. The molecule has 3 nitrogen and oxygen atoms in total. The first-order valence-electron chi connectivity index (χ1n) is 5.21. The van der Waals surface area contributed by atoms with E-state index in [2.05, 4.69) is 5.32 Å². The van der Waals surface area contributed by atoms with Crippen LogP contribution in [0.15, 0.2) is 18.2 Å². The Morgan fingerprint density at radius 1 is 1.44 bits per heavy atom. The van der Waals surface area contributed by atoms with Gasteiger partial charge in [0.15, 0.2) is 0 Å². The fraction of sp³-hybridized carbons (Fsp3) is 0.417. The maximum atomic E-state index is 12.9. The Kier molecular flexibility index (Phi) is 4.28. The molecule has 0 bridgehead atoms. The smallest absolute Gasteiger partial charge is 0.223 e. The second-order valence-electron chi connectivity index (χ2n) is 3.92. The molecule has 0 aliphatic rings. The molecule has 1 aromatic rings. The summed E-state index contributed by atoms with van der Waals surface area (Å²) in [5.74, 6) is -0.214. The fourth-order valence-electron chi connectivity index (χ4n) is 1.31.